The van der Waals surface area contributed by atoms with E-state index in [1.165, 1.54) is 38.6 Å². The van der Waals surface area contributed by atoms with Crippen LogP contribution in [0.25, 0.3) is 0 Å². The number of halogens is 2. The standard InChI is InChI=1S/C20H31ClN4O.HI/c1-22-20(23-13-19(26-2)15-6-5-7-16(21)12-15)24-17-10-11-25(14-17)18-8-3-4-9-18;/h5-7,12,17-19H,3-4,8-11,13-14H2,1-2H3,(H2,22,23,24);1H. The van der Waals surface area contributed by atoms with E-state index in [-0.39, 0.29) is 30.1 Å². The monoisotopic (exact) mass is 506 g/mol. The van der Waals surface area contributed by atoms with E-state index in [1.807, 2.05) is 31.3 Å². The lowest BCUT2D eigenvalue weighted by Gasteiger charge is -2.24. The quantitative estimate of drug-likeness (QED) is 0.350. The molecule has 1 saturated carbocycles. The Balaban J connectivity index is 0.00000261. The molecule has 2 atom stereocenters. The number of hydrogen-bond acceptors (Lipinski definition) is 3. The van der Waals surface area contributed by atoms with Gasteiger partial charge in [0.25, 0.3) is 0 Å². The first-order chi connectivity index (χ1) is 12.7. The van der Waals surface area contributed by atoms with Gasteiger partial charge in [-0.2, -0.15) is 0 Å². The van der Waals surface area contributed by atoms with Crippen molar-refractivity contribution < 1.29 is 4.74 Å². The molecule has 1 aromatic rings. The fraction of sp³-hybridized carbons (Fsp3) is 0.650. The van der Waals surface area contributed by atoms with Gasteiger partial charge in [-0.05, 0) is 37.0 Å². The second-order valence-electron chi connectivity index (χ2n) is 7.30. The number of hydrogen-bond donors (Lipinski definition) is 2. The van der Waals surface area contributed by atoms with Crippen LogP contribution in [0.3, 0.4) is 0 Å². The minimum absolute atomic E-state index is 0. The van der Waals surface area contributed by atoms with Crippen LogP contribution in [0.5, 0.6) is 0 Å². The maximum Gasteiger partial charge on any atom is 0.191 e. The summed E-state index contributed by atoms with van der Waals surface area (Å²) in [5.41, 5.74) is 1.07. The molecule has 0 spiro atoms. The summed E-state index contributed by atoms with van der Waals surface area (Å²) in [4.78, 5) is 7.04. The van der Waals surface area contributed by atoms with Crippen LogP contribution in [0.1, 0.15) is 43.8 Å². The Morgan fingerprint density at radius 3 is 2.78 bits per heavy atom. The maximum atomic E-state index is 6.10. The number of benzene rings is 1. The SMILES string of the molecule is CN=C(NCC(OC)c1cccc(Cl)c1)NC1CCN(C2CCCC2)C1.I. The van der Waals surface area contributed by atoms with Crippen molar-refractivity contribution in [3.05, 3.63) is 34.9 Å². The van der Waals surface area contributed by atoms with Gasteiger partial charge in [0.2, 0.25) is 0 Å². The molecule has 2 fully saturated rings. The number of aliphatic imine (C=N–C) groups is 1. The molecule has 3 rings (SSSR count). The molecule has 1 saturated heterocycles. The van der Waals surface area contributed by atoms with Crippen molar-refractivity contribution in [2.45, 2.75) is 50.3 Å². The zero-order valence-electron chi connectivity index (χ0n) is 16.3. The van der Waals surface area contributed by atoms with Crippen molar-refractivity contribution >= 4 is 41.5 Å². The predicted octanol–water partition coefficient (Wildman–Crippen LogP) is 3.83. The summed E-state index contributed by atoms with van der Waals surface area (Å²) in [7, 11) is 3.54. The van der Waals surface area contributed by atoms with Crippen molar-refractivity contribution in [3.8, 4) is 0 Å². The van der Waals surface area contributed by atoms with Crippen molar-refractivity contribution in [2.24, 2.45) is 4.99 Å². The van der Waals surface area contributed by atoms with E-state index in [0.29, 0.717) is 12.6 Å². The number of rotatable bonds is 6. The summed E-state index contributed by atoms with van der Waals surface area (Å²) in [6.07, 6.45) is 6.64. The Morgan fingerprint density at radius 1 is 1.33 bits per heavy atom. The van der Waals surface area contributed by atoms with Crippen LogP contribution in [0.15, 0.2) is 29.3 Å². The number of ether oxygens (including phenoxy) is 1. The summed E-state index contributed by atoms with van der Waals surface area (Å²) in [5.74, 6) is 0.840. The molecule has 0 bridgehead atoms. The number of nitrogens with zero attached hydrogens (tertiary/aromatic N) is 2. The van der Waals surface area contributed by atoms with E-state index >= 15 is 0 Å². The Bertz CT molecular complexity index is 609. The van der Waals surface area contributed by atoms with E-state index in [4.69, 9.17) is 16.3 Å². The smallest absolute Gasteiger partial charge is 0.191 e. The Kier molecular flexibility index (Phi) is 9.62. The van der Waals surface area contributed by atoms with Crippen LogP contribution in [0, 0.1) is 0 Å². The minimum atomic E-state index is -0.0641. The lowest BCUT2D eigenvalue weighted by atomic mass is 10.1. The maximum absolute atomic E-state index is 6.10. The van der Waals surface area contributed by atoms with Crippen LogP contribution >= 0.6 is 35.6 Å². The number of methoxy groups -OCH3 is 1. The second-order valence-corrected chi connectivity index (χ2v) is 7.73. The highest BCUT2D eigenvalue weighted by Gasteiger charge is 2.30. The van der Waals surface area contributed by atoms with Crippen LogP contribution in [0.2, 0.25) is 5.02 Å². The minimum Gasteiger partial charge on any atom is -0.375 e. The summed E-state index contributed by atoms with van der Waals surface area (Å²) in [6.45, 7) is 2.96. The molecule has 5 nitrogen and oxygen atoms in total. The van der Waals surface area contributed by atoms with E-state index in [2.05, 4.69) is 20.5 Å². The van der Waals surface area contributed by atoms with Crippen molar-refractivity contribution in [1.29, 1.82) is 0 Å². The number of likely N-dealkylation sites (tertiary alicyclic amines) is 1. The average molecular weight is 507 g/mol. The fourth-order valence-corrected chi connectivity index (χ4v) is 4.33. The third-order valence-corrected chi connectivity index (χ3v) is 5.82. The summed E-state index contributed by atoms with van der Waals surface area (Å²) < 4.78 is 5.63. The molecule has 152 valence electrons. The summed E-state index contributed by atoms with van der Waals surface area (Å²) in [6, 6.07) is 9.08. The molecule has 2 unspecified atom stereocenters. The highest BCUT2D eigenvalue weighted by atomic mass is 127. The van der Waals surface area contributed by atoms with Gasteiger partial charge in [0.05, 0.1) is 6.10 Å². The largest absolute Gasteiger partial charge is 0.375 e. The van der Waals surface area contributed by atoms with E-state index in [9.17, 15) is 0 Å². The molecule has 0 amide bonds. The Morgan fingerprint density at radius 2 is 2.11 bits per heavy atom. The topological polar surface area (TPSA) is 48.9 Å². The van der Waals surface area contributed by atoms with Crippen molar-refractivity contribution in [1.82, 2.24) is 15.5 Å². The van der Waals surface area contributed by atoms with Crippen LogP contribution < -0.4 is 10.6 Å². The molecule has 7 heteroatoms. The van der Waals surface area contributed by atoms with Gasteiger partial charge in [0, 0.05) is 50.9 Å². The van der Waals surface area contributed by atoms with Gasteiger partial charge in [-0.1, -0.05) is 36.6 Å². The van der Waals surface area contributed by atoms with Crippen molar-refractivity contribution in [2.75, 3.05) is 33.8 Å². The van der Waals surface area contributed by atoms with Crippen LogP contribution in [-0.2, 0) is 4.74 Å². The highest BCUT2D eigenvalue weighted by molar-refractivity contribution is 14.0. The van der Waals surface area contributed by atoms with Gasteiger partial charge in [-0.15, -0.1) is 24.0 Å². The molecule has 1 heterocycles. The van der Waals surface area contributed by atoms with Crippen molar-refractivity contribution in [3.63, 3.8) is 0 Å². The van der Waals surface area contributed by atoms with Gasteiger partial charge in [0.15, 0.2) is 5.96 Å². The lowest BCUT2D eigenvalue weighted by Crippen LogP contribution is -2.46. The molecule has 2 aliphatic rings. The highest BCUT2D eigenvalue weighted by Crippen LogP contribution is 2.26. The van der Waals surface area contributed by atoms with Gasteiger partial charge >= 0.3 is 0 Å². The second kappa shape index (κ2) is 11.4. The summed E-state index contributed by atoms with van der Waals surface area (Å²) in [5, 5.41) is 7.71. The van der Waals surface area contributed by atoms with E-state index in [1.54, 1.807) is 7.11 Å². The first-order valence-corrected chi connectivity index (χ1v) is 10.1. The molecule has 1 aliphatic carbocycles. The average Bonchev–Trinajstić information content (AvgIpc) is 3.33. The normalized spacial score (nSPS) is 22.5. The molecule has 0 aromatic heterocycles. The number of guanidine groups is 1. The Labute approximate surface area is 185 Å². The molecule has 1 aliphatic heterocycles. The lowest BCUT2D eigenvalue weighted by molar-refractivity contribution is 0.106. The van der Waals surface area contributed by atoms with Gasteiger partial charge < -0.3 is 15.4 Å². The van der Waals surface area contributed by atoms with E-state index in [0.717, 1.165) is 29.1 Å². The van der Waals surface area contributed by atoms with Gasteiger partial charge in [0.1, 0.15) is 0 Å². The first-order valence-electron chi connectivity index (χ1n) is 9.69. The fourth-order valence-electron chi connectivity index (χ4n) is 4.13. The zero-order valence-corrected chi connectivity index (χ0v) is 19.4. The molecule has 0 radical (unpaired) electrons. The molecule has 1 aromatic carbocycles. The predicted molar refractivity (Wildman–Crippen MR) is 123 cm³/mol. The third-order valence-electron chi connectivity index (χ3n) is 5.59. The molecular formula is C20H32ClIN4O. The zero-order chi connectivity index (χ0) is 18.4. The molecule has 2 N–H and O–H groups in total. The molecule has 27 heavy (non-hydrogen) atoms. The van der Waals surface area contributed by atoms with Gasteiger partial charge in [-0.3, -0.25) is 9.89 Å². The Hall–Kier alpha value is -0.570. The van der Waals surface area contributed by atoms with Crippen LogP contribution in [0.4, 0.5) is 0 Å². The van der Waals surface area contributed by atoms with Crippen LogP contribution in [-0.4, -0.2) is 56.7 Å². The van der Waals surface area contributed by atoms with E-state index < -0.39 is 0 Å². The number of nitrogens with one attached hydrogen (secondary N) is 2. The summed E-state index contributed by atoms with van der Waals surface area (Å²) >= 11 is 6.10. The third kappa shape index (κ3) is 6.48. The molecular weight excluding hydrogens is 475 g/mol. The first kappa shape index (κ1) is 22.7. The van der Waals surface area contributed by atoms with Gasteiger partial charge in [-0.25, -0.2) is 0 Å².